The van der Waals surface area contributed by atoms with Crippen LogP contribution in [-0.2, 0) is 6.54 Å². The number of hydrogen-bond acceptors (Lipinski definition) is 2. The van der Waals surface area contributed by atoms with Gasteiger partial charge in [-0.3, -0.25) is 0 Å². The van der Waals surface area contributed by atoms with E-state index in [1.807, 2.05) is 30.3 Å². The Bertz CT molecular complexity index is 167. The second-order valence-electron chi connectivity index (χ2n) is 1.82. The fraction of sp³-hybridized carbons (Fsp3) is 0.143. The summed E-state index contributed by atoms with van der Waals surface area (Å²) in [5.74, 6) is 0. The molecular weight excluding hydrogens is 194 g/mol. The largest absolute Gasteiger partial charge is 0.316 e. The molecule has 0 atom stereocenters. The van der Waals surface area contributed by atoms with Gasteiger partial charge in [0, 0.05) is 6.54 Å². The highest BCUT2D eigenvalue weighted by Gasteiger charge is 1.84. The molecule has 56 valence electrons. The van der Waals surface area contributed by atoms with Gasteiger partial charge in [-0.05, 0) is 5.56 Å². The highest BCUT2D eigenvalue weighted by atomic mass is 79.9. The van der Waals surface area contributed by atoms with Gasteiger partial charge in [0.2, 0.25) is 0 Å². The van der Waals surface area contributed by atoms with Crippen molar-refractivity contribution in [2.75, 3.05) is 0 Å². The summed E-state index contributed by atoms with van der Waals surface area (Å²) in [6.45, 7) is 0.515. The molecule has 0 fully saturated rings. The van der Waals surface area contributed by atoms with Crippen LogP contribution in [0.15, 0.2) is 30.3 Å². The highest BCUT2D eigenvalue weighted by molar-refractivity contribution is 8.93. The normalized spacial score (nSPS) is 8.50. The minimum atomic E-state index is 0. The van der Waals surface area contributed by atoms with Crippen molar-refractivity contribution < 1.29 is 5.21 Å². The Hall–Kier alpha value is -0.380. The molecule has 0 bridgehead atoms. The lowest BCUT2D eigenvalue weighted by molar-refractivity contribution is 0.161. The standard InChI is InChI=1S/C7H9NO.BrH/c9-8-6-7-4-2-1-3-5-7;/h1-5,8-9H,6H2;1H. The second-order valence-corrected chi connectivity index (χ2v) is 1.82. The van der Waals surface area contributed by atoms with Crippen LogP contribution in [0.25, 0.3) is 0 Å². The van der Waals surface area contributed by atoms with Gasteiger partial charge in [0.05, 0.1) is 0 Å². The van der Waals surface area contributed by atoms with E-state index >= 15 is 0 Å². The SMILES string of the molecule is Br.ONCc1ccccc1. The van der Waals surface area contributed by atoms with Gasteiger partial charge >= 0.3 is 0 Å². The number of halogens is 1. The van der Waals surface area contributed by atoms with Crippen LogP contribution in [0.2, 0.25) is 0 Å². The average molecular weight is 204 g/mol. The fourth-order valence-electron chi connectivity index (χ4n) is 0.687. The monoisotopic (exact) mass is 203 g/mol. The lowest BCUT2D eigenvalue weighted by Crippen LogP contribution is -2.05. The molecule has 0 saturated carbocycles. The first kappa shape index (κ1) is 9.62. The minimum Gasteiger partial charge on any atom is -0.316 e. The average Bonchev–Trinajstić information content (AvgIpc) is 1.91. The van der Waals surface area contributed by atoms with E-state index in [1.54, 1.807) is 0 Å². The fourth-order valence-corrected chi connectivity index (χ4v) is 0.687. The third-order valence-electron chi connectivity index (χ3n) is 1.13. The molecule has 0 unspecified atom stereocenters. The molecule has 0 spiro atoms. The molecule has 0 heterocycles. The van der Waals surface area contributed by atoms with Crippen LogP contribution in [0.4, 0.5) is 0 Å². The number of nitrogens with one attached hydrogen (secondary N) is 1. The van der Waals surface area contributed by atoms with Crippen molar-refractivity contribution in [1.82, 2.24) is 5.48 Å². The van der Waals surface area contributed by atoms with Gasteiger partial charge in [0.1, 0.15) is 0 Å². The van der Waals surface area contributed by atoms with Gasteiger partial charge in [0.25, 0.3) is 0 Å². The van der Waals surface area contributed by atoms with Crippen molar-refractivity contribution in [3.8, 4) is 0 Å². The molecule has 1 rings (SSSR count). The Morgan fingerprint density at radius 1 is 1.20 bits per heavy atom. The highest BCUT2D eigenvalue weighted by Crippen LogP contribution is 1.95. The van der Waals surface area contributed by atoms with Gasteiger partial charge in [-0.1, -0.05) is 30.3 Å². The quantitative estimate of drug-likeness (QED) is 0.719. The van der Waals surface area contributed by atoms with Crippen LogP contribution in [0.3, 0.4) is 0 Å². The topological polar surface area (TPSA) is 32.3 Å². The van der Waals surface area contributed by atoms with E-state index in [2.05, 4.69) is 5.48 Å². The van der Waals surface area contributed by atoms with Crippen LogP contribution in [0.1, 0.15) is 5.56 Å². The molecule has 2 N–H and O–H groups in total. The minimum absolute atomic E-state index is 0. The zero-order valence-electron chi connectivity index (χ0n) is 5.45. The maximum absolute atomic E-state index is 8.27. The first-order valence-corrected chi connectivity index (χ1v) is 2.84. The van der Waals surface area contributed by atoms with E-state index in [4.69, 9.17) is 5.21 Å². The lowest BCUT2D eigenvalue weighted by Gasteiger charge is -1.94. The van der Waals surface area contributed by atoms with Gasteiger partial charge in [-0.15, -0.1) is 17.0 Å². The van der Waals surface area contributed by atoms with Gasteiger partial charge in [-0.25, -0.2) is 5.48 Å². The predicted octanol–water partition coefficient (Wildman–Crippen LogP) is 1.74. The summed E-state index contributed by atoms with van der Waals surface area (Å²) in [5, 5.41) is 8.27. The number of hydroxylamine groups is 1. The third-order valence-corrected chi connectivity index (χ3v) is 1.13. The van der Waals surface area contributed by atoms with Crippen LogP contribution in [-0.4, -0.2) is 5.21 Å². The molecule has 0 aromatic heterocycles. The van der Waals surface area contributed by atoms with E-state index in [0.717, 1.165) is 5.56 Å². The number of hydrogen-bond donors (Lipinski definition) is 2. The second kappa shape index (κ2) is 5.41. The molecule has 0 aliphatic heterocycles. The van der Waals surface area contributed by atoms with Crippen LogP contribution < -0.4 is 5.48 Å². The third kappa shape index (κ3) is 2.96. The van der Waals surface area contributed by atoms with E-state index in [0.29, 0.717) is 6.54 Å². The maximum Gasteiger partial charge on any atom is 0.0458 e. The summed E-state index contributed by atoms with van der Waals surface area (Å²) >= 11 is 0. The Labute approximate surface area is 70.6 Å². The Kier molecular flexibility index (Phi) is 5.20. The molecule has 0 amide bonds. The summed E-state index contributed by atoms with van der Waals surface area (Å²) in [5.41, 5.74) is 3.17. The van der Waals surface area contributed by atoms with Gasteiger partial charge in [-0.2, -0.15) is 0 Å². The van der Waals surface area contributed by atoms with Crippen molar-refractivity contribution in [2.24, 2.45) is 0 Å². The molecule has 1 aromatic carbocycles. The van der Waals surface area contributed by atoms with Crippen molar-refractivity contribution in [3.63, 3.8) is 0 Å². The zero-order chi connectivity index (χ0) is 6.53. The Morgan fingerprint density at radius 3 is 2.30 bits per heavy atom. The molecule has 3 heteroatoms. The van der Waals surface area contributed by atoms with Gasteiger partial charge < -0.3 is 5.21 Å². The molecule has 2 nitrogen and oxygen atoms in total. The summed E-state index contributed by atoms with van der Waals surface area (Å²) in [4.78, 5) is 0. The number of rotatable bonds is 2. The molecule has 1 aromatic rings. The summed E-state index contributed by atoms with van der Waals surface area (Å²) in [6, 6.07) is 9.71. The van der Waals surface area contributed by atoms with Crippen LogP contribution in [0.5, 0.6) is 0 Å². The number of benzene rings is 1. The first-order valence-electron chi connectivity index (χ1n) is 2.84. The van der Waals surface area contributed by atoms with E-state index in [9.17, 15) is 0 Å². The first-order chi connectivity index (χ1) is 4.43. The molecule has 0 saturated heterocycles. The molecule has 0 radical (unpaired) electrons. The van der Waals surface area contributed by atoms with Gasteiger partial charge in [0.15, 0.2) is 0 Å². The van der Waals surface area contributed by atoms with Crippen LogP contribution in [0, 0.1) is 0 Å². The van der Waals surface area contributed by atoms with Crippen molar-refractivity contribution >= 4 is 17.0 Å². The Morgan fingerprint density at radius 2 is 1.80 bits per heavy atom. The summed E-state index contributed by atoms with van der Waals surface area (Å²) in [7, 11) is 0. The van der Waals surface area contributed by atoms with Crippen molar-refractivity contribution in [2.45, 2.75) is 6.54 Å². The Balaban J connectivity index is 0.000000810. The van der Waals surface area contributed by atoms with Crippen LogP contribution >= 0.6 is 17.0 Å². The van der Waals surface area contributed by atoms with E-state index < -0.39 is 0 Å². The predicted molar refractivity (Wildman–Crippen MR) is 45.4 cm³/mol. The lowest BCUT2D eigenvalue weighted by atomic mass is 10.2. The van der Waals surface area contributed by atoms with E-state index in [1.165, 1.54) is 0 Å². The maximum atomic E-state index is 8.27. The molecule has 0 aliphatic rings. The molecule has 10 heavy (non-hydrogen) atoms. The zero-order valence-corrected chi connectivity index (χ0v) is 7.16. The van der Waals surface area contributed by atoms with Crippen molar-refractivity contribution in [3.05, 3.63) is 35.9 Å². The summed E-state index contributed by atoms with van der Waals surface area (Å²) in [6.07, 6.45) is 0. The smallest absolute Gasteiger partial charge is 0.0458 e. The summed E-state index contributed by atoms with van der Waals surface area (Å²) < 4.78 is 0. The van der Waals surface area contributed by atoms with Crippen molar-refractivity contribution in [1.29, 1.82) is 0 Å². The molecule has 0 aliphatic carbocycles. The molecular formula is C7H10BrNO. The van der Waals surface area contributed by atoms with E-state index in [-0.39, 0.29) is 17.0 Å².